The Bertz CT molecular complexity index is 619. The molecule has 0 aliphatic heterocycles. The van der Waals surface area contributed by atoms with Crippen LogP contribution in [0.25, 0.3) is 0 Å². The fraction of sp³-hybridized carbons (Fsp3) is 0.154. The molecule has 6 nitrogen and oxygen atoms in total. The first-order valence-electron chi connectivity index (χ1n) is 5.59. The van der Waals surface area contributed by atoms with E-state index in [0.717, 1.165) is 0 Å². The Kier molecular flexibility index (Phi) is 3.61. The molecule has 0 aliphatic rings. The highest BCUT2D eigenvalue weighted by Gasteiger charge is 2.15. The number of anilines is 1. The molecule has 0 radical (unpaired) electrons. The van der Waals surface area contributed by atoms with E-state index in [1.54, 1.807) is 31.2 Å². The molecule has 0 saturated heterocycles. The van der Waals surface area contributed by atoms with E-state index >= 15 is 0 Å². The van der Waals surface area contributed by atoms with E-state index < -0.39 is 11.9 Å². The van der Waals surface area contributed by atoms with E-state index in [4.69, 9.17) is 9.52 Å². The highest BCUT2D eigenvalue weighted by atomic mass is 16.4. The first-order chi connectivity index (χ1) is 9.08. The summed E-state index contributed by atoms with van der Waals surface area (Å²) in [5.74, 6) is -0.975. The Morgan fingerprint density at radius 1 is 1.37 bits per heavy atom. The highest BCUT2D eigenvalue weighted by molar-refractivity contribution is 6.04. The van der Waals surface area contributed by atoms with E-state index in [2.05, 4.69) is 10.3 Å². The minimum Gasteiger partial charge on any atom is -0.481 e. The number of oxazole rings is 1. The average Bonchev–Trinajstić information content (AvgIpc) is 2.77. The molecular weight excluding hydrogens is 248 g/mol. The monoisotopic (exact) mass is 260 g/mol. The summed E-state index contributed by atoms with van der Waals surface area (Å²) in [5, 5.41) is 11.4. The second-order valence-corrected chi connectivity index (χ2v) is 3.94. The van der Waals surface area contributed by atoms with Gasteiger partial charge in [0, 0.05) is 5.69 Å². The molecule has 0 spiro atoms. The number of amides is 1. The first-order valence-corrected chi connectivity index (χ1v) is 5.59. The van der Waals surface area contributed by atoms with E-state index in [-0.39, 0.29) is 12.1 Å². The molecule has 1 aromatic carbocycles. The van der Waals surface area contributed by atoms with Crippen molar-refractivity contribution in [1.82, 2.24) is 4.98 Å². The third kappa shape index (κ3) is 2.98. The van der Waals surface area contributed by atoms with Crippen LogP contribution in [0.2, 0.25) is 0 Å². The largest absolute Gasteiger partial charge is 0.481 e. The number of benzene rings is 1. The fourth-order valence-corrected chi connectivity index (χ4v) is 1.66. The molecule has 0 fully saturated rings. The van der Waals surface area contributed by atoms with E-state index in [1.165, 1.54) is 6.39 Å². The number of rotatable bonds is 4. The number of aliphatic carboxylic acids is 1. The summed E-state index contributed by atoms with van der Waals surface area (Å²) in [6.45, 7) is 1.63. The van der Waals surface area contributed by atoms with Gasteiger partial charge in [-0.3, -0.25) is 9.59 Å². The van der Waals surface area contributed by atoms with Crippen molar-refractivity contribution in [1.29, 1.82) is 0 Å². The van der Waals surface area contributed by atoms with Gasteiger partial charge in [-0.15, -0.1) is 0 Å². The van der Waals surface area contributed by atoms with Gasteiger partial charge < -0.3 is 14.8 Å². The zero-order valence-electron chi connectivity index (χ0n) is 10.2. The molecule has 2 rings (SSSR count). The van der Waals surface area contributed by atoms with E-state index in [0.29, 0.717) is 17.0 Å². The molecule has 1 aromatic heterocycles. The lowest BCUT2D eigenvalue weighted by Gasteiger charge is -2.08. The van der Waals surface area contributed by atoms with Crippen LogP contribution in [0, 0.1) is 6.92 Å². The second-order valence-electron chi connectivity index (χ2n) is 3.94. The quantitative estimate of drug-likeness (QED) is 0.875. The third-order valence-corrected chi connectivity index (χ3v) is 2.57. The molecule has 0 aliphatic carbocycles. The van der Waals surface area contributed by atoms with Crippen LogP contribution >= 0.6 is 0 Å². The Labute approximate surface area is 109 Å². The van der Waals surface area contributed by atoms with Gasteiger partial charge in [-0.2, -0.15) is 0 Å². The molecule has 2 aromatic rings. The lowest BCUT2D eigenvalue weighted by molar-refractivity contribution is -0.136. The van der Waals surface area contributed by atoms with Gasteiger partial charge in [0.25, 0.3) is 5.91 Å². The zero-order chi connectivity index (χ0) is 13.8. The highest BCUT2D eigenvalue weighted by Crippen LogP contribution is 2.17. The van der Waals surface area contributed by atoms with Crippen LogP contribution in [0.1, 0.15) is 21.8 Å². The summed E-state index contributed by atoms with van der Waals surface area (Å²) < 4.78 is 4.95. The van der Waals surface area contributed by atoms with E-state index in [9.17, 15) is 9.59 Å². The number of carbonyl (C=O) groups excluding carboxylic acids is 1. The van der Waals surface area contributed by atoms with Crippen molar-refractivity contribution in [3.05, 3.63) is 47.7 Å². The average molecular weight is 260 g/mol. The smallest absolute Gasteiger partial charge is 0.307 e. The van der Waals surface area contributed by atoms with Gasteiger partial charge in [-0.05, 0) is 18.6 Å². The second kappa shape index (κ2) is 5.34. The number of hydrogen-bond acceptors (Lipinski definition) is 4. The number of carboxylic acid groups (broad SMARTS) is 1. The van der Waals surface area contributed by atoms with Crippen molar-refractivity contribution in [2.24, 2.45) is 0 Å². The summed E-state index contributed by atoms with van der Waals surface area (Å²) in [6, 6.07) is 6.73. The number of nitrogens with one attached hydrogen (secondary N) is 1. The fourth-order valence-electron chi connectivity index (χ4n) is 1.66. The van der Waals surface area contributed by atoms with Gasteiger partial charge in [0.1, 0.15) is 5.76 Å². The van der Waals surface area contributed by atoms with Crippen molar-refractivity contribution < 1.29 is 19.1 Å². The summed E-state index contributed by atoms with van der Waals surface area (Å²) >= 11 is 0. The molecule has 19 heavy (non-hydrogen) atoms. The molecular formula is C13H12N2O4. The minimum absolute atomic E-state index is 0.158. The standard InChI is InChI=1S/C13H12N2O4/c1-8-12(14-7-19-8)13(18)15-10-5-3-2-4-9(10)6-11(16)17/h2-5,7H,6H2,1H3,(H,15,18)(H,16,17). The molecule has 6 heteroatoms. The number of hydrogen-bond donors (Lipinski definition) is 2. The maximum absolute atomic E-state index is 12.0. The number of para-hydroxylation sites is 1. The number of nitrogens with zero attached hydrogens (tertiary/aromatic N) is 1. The molecule has 0 saturated carbocycles. The molecule has 1 amide bonds. The third-order valence-electron chi connectivity index (χ3n) is 2.57. The van der Waals surface area contributed by atoms with Crippen molar-refractivity contribution in [2.45, 2.75) is 13.3 Å². The van der Waals surface area contributed by atoms with E-state index in [1.807, 2.05) is 0 Å². The van der Waals surface area contributed by atoms with Gasteiger partial charge in [-0.25, -0.2) is 4.98 Å². The molecule has 1 heterocycles. The molecule has 0 atom stereocenters. The predicted molar refractivity (Wildman–Crippen MR) is 67.0 cm³/mol. The summed E-state index contributed by atoms with van der Waals surface area (Å²) in [7, 11) is 0. The zero-order valence-corrected chi connectivity index (χ0v) is 10.2. The topological polar surface area (TPSA) is 92.4 Å². The molecule has 0 bridgehead atoms. The van der Waals surface area contributed by atoms with Crippen LogP contribution in [-0.4, -0.2) is 22.0 Å². The van der Waals surface area contributed by atoms with Crippen LogP contribution in [0.4, 0.5) is 5.69 Å². The SMILES string of the molecule is Cc1ocnc1C(=O)Nc1ccccc1CC(=O)O. The maximum atomic E-state index is 12.0. The number of aryl methyl sites for hydroxylation is 1. The number of aromatic nitrogens is 1. The number of carbonyl (C=O) groups is 2. The molecule has 2 N–H and O–H groups in total. The van der Waals surface area contributed by atoms with Crippen molar-refractivity contribution in [3.63, 3.8) is 0 Å². The summed E-state index contributed by atoms with van der Waals surface area (Å²) in [4.78, 5) is 26.5. The maximum Gasteiger partial charge on any atom is 0.307 e. The molecule has 98 valence electrons. The Balaban J connectivity index is 2.22. The van der Waals surface area contributed by atoms with Crippen LogP contribution in [0.15, 0.2) is 35.1 Å². The van der Waals surface area contributed by atoms with Gasteiger partial charge >= 0.3 is 5.97 Å². The Morgan fingerprint density at radius 3 is 2.74 bits per heavy atom. The van der Waals surface area contributed by atoms with Crippen LogP contribution in [0.3, 0.4) is 0 Å². The van der Waals surface area contributed by atoms with Gasteiger partial charge in [0.15, 0.2) is 12.1 Å². The lowest BCUT2D eigenvalue weighted by Crippen LogP contribution is -2.15. The number of carboxylic acids is 1. The van der Waals surface area contributed by atoms with Gasteiger partial charge in [0.2, 0.25) is 0 Å². The minimum atomic E-state index is -0.959. The van der Waals surface area contributed by atoms with Crippen molar-refractivity contribution in [3.8, 4) is 0 Å². The summed E-state index contributed by atoms with van der Waals surface area (Å²) in [5.41, 5.74) is 1.17. The molecule has 0 unspecified atom stereocenters. The van der Waals surface area contributed by atoms with Crippen LogP contribution < -0.4 is 5.32 Å². The van der Waals surface area contributed by atoms with Gasteiger partial charge in [0.05, 0.1) is 6.42 Å². The van der Waals surface area contributed by atoms with Crippen LogP contribution in [0.5, 0.6) is 0 Å². The van der Waals surface area contributed by atoms with Gasteiger partial charge in [-0.1, -0.05) is 18.2 Å². The normalized spacial score (nSPS) is 10.2. The van der Waals surface area contributed by atoms with Crippen molar-refractivity contribution >= 4 is 17.6 Å². The Morgan fingerprint density at radius 2 is 2.11 bits per heavy atom. The predicted octanol–water partition coefficient (Wildman–Crippen LogP) is 1.86. The summed E-state index contributed by atoms with van der Waals surface area (Å²) in [6.07, 6.45) is 1.03. The first kappa shape index (κ1) is 12.8. The Hall–Kier alpha value is -2.63. The van der Waals surface area contributed by atoms with Crippen LogP contribution in [-0.2, 0) is 11.2 Å². The van der Waals surface area contributed by atoms with Crippen molar-refractivity contribution in [2.75, 3.05) is 5.32 Å². The lowest BCUT2D eigenvalue weighted by atomic mass is 10.1.